The van der Waals surface area contributed by atoms with Crippen LogP contribution in [-0.2, 0) is 0 Å². The van der Waals surface area contributed by atoms with E-state index in [1.54, 1.807) is 12.1 Å². The fraction of sp³-hybridized carbons (Fsp3) is 0.263. The van der Waals surface area contributed by atoms with E-state index in [2.05, 4.69) is 5.32 Å². The van der Waals surface area contributed by atoms with Crippen molar-refractivity contribution in [3.8, 4) is 11.5 Å². The Morgan fingerprint density at radius 3 is 2.62 bits per heavy atom. The highest BCUT2D eigenvalue weighted by Gasteiger charge is 2.23. The zero-order chi connectivity index (χ0) is 18.8. The molecule has 1 saturated carbocycles. The number of benzene rings is 2. The van der Waals surface area contributed by atoms with Crippen LogP contribution < -0.4 is 10.1 Å². The molecule has 1 fully saturated rings. The van der Waals surface area contributed by atoms with Gasteiger partial charge in [0.25, 0.3) is 5.91 Å². The Morgan fingerprint density at radius 1 is 1.27 bits per heavy atom. The van der Waals surface area contributed by atoms with Crippen LogP contribution in [-0.4, -0.2) is 28.7 Å². The number of hydrogen-bond acceptors (Lipinski definition) is 4. The van der Waals surface area contributed by atoms with E-state index in [0.29, 0.717) is 28.9 Å². The van der Waals surface area contributed by atoms with Crippen LogP contribution in [0.1, 0.15) is 39.1 Å². The Hall–Kier alpha value is -2.73. The molecule has 136 valence electrons. The highest BCUT2D eigenvalue weighted by Crippen LogP contribution is 2.33. The minimum Gasteiger partial charge on any atom is -0.507 e. The van der Waals surface area contributed by atoms with Crippen molar-refractivity contribution in [1.82, 2.24) is 0 Å². The molecule has 0 aliphatic heterocycles. The average Bonchev–Trinajstić information content (AvgIpc) is 3.40. The van der Waals surface area contributed by atoms with Gasteiger partial charge in [0.05, 0.1) is 6.61 Å². The van der Waals surface area contributed by atoms with Crippen molar-refractivity contribution < 1.29 is 24.5 Å². The first kappa shape index (κ1) is 18.1. The third kappa shape index (κ3) is 4.08. The largest absolute Gasteiger partial charge is 0.507 e. The molecule has 0 spiro atoms. The van der Waals surface area contributed by atoms with E-state index >= 15 is 0 Å². The molecule has 0 saturated heterocycles. The first-order valence-corrected chi connectivity index (χ1v) is 8.53. The number of rotatable bonds is 6. The van der Waals surface area contributed by atoms with Gasteiger partial charge in [-0.15, -0.1) is 0 Å². The SMILES string of the molecule is Cc1c(Cl)cc(C(=O)Nc2ccc(C(=O)O)c(O)c2)cc1OCC1CC1. The van der Waals surface area contributed by atoms with E-state index < -0.39 is 17.6 Å². The molecule has 0 bridgehead atoms. The lowest BCUT2D eigenvalue weighted by atomic mass is 10.1. The molecule has 0 unspecified atom stereocenters. The summed E-state index contributed by atoms with van der Waals surface area (Å²) < 4.78 is 5.77. The number of phenols is 1. The summed E-state index contributed by atoms with van der Waals surface area (Å²) in [6, 6.07) is 6.98. The zero-order valence-electron chi connectivity index (χ0n) is 14.1. The highest BCUT2D eigenvalue weighted by atomic mass is 35.5. The van der Waals surface area contributed by atoms with Crippen molar-refractivity contribution >= 4 is 29.2 Å². The molecule has 26 heavy (non-hydrogen) atoms. The minimum atomic E-state index is -1.25. The average molecular weight is 376 g/mol. The standard InChI is InChI=1S/C19H18ClNO5/c1-10-15(20)6-12(7-17(10)26-9-11-2-3-11)18(23)21-13-4-5-14(19(24)25)16(22)8-13/h4-8,11,22H,2-3,9H2,1H3,(H,21,23)(H,24,25). The fourth-order valence-corrected chi connectivity index (χ4v) is 2.63. The zero-order valence-corrected chi connectivity index (χ0v) is 14.8. The number of carbonyl (C=O) groups excluding carboxylic acids is 1. The molecule has 0 heterocycles. The van der Waals surface area contributed by atoms with Crippen LogP contribution in [0.2, 0.25) is 5.02 Å². The van der Waals surface area contributed by atoms with E-state index in [1.807, 2.05) is 6.92 Å². The summed E-state index contributed by atoms with van der Waals surface area (Å²) in [5, 5.41) is 21.7. The molecule has 1 aliphatic rings. The molecule has 6 nitrogen and oxygen atoms in total. The van der Waals surface area contributed by atoms with E-state index in [-0.39, 0.29) is 11.3 Å². The van der Waals surface area contributed by atoms with Gasteiger partial charge in [-0.3, -0.25) is 4.79 Å². The van der Waals surface area contributed by atoms with Crippen molar-refractivity contribution in [3.05, 3.63) is 52.0 Å². The van der Waals surface area contributed by atoms with Gasteiger partial charge in [-0.1, -0.05) is 11.6 Å². The molecule has 0 aromatic heterocycles. The second-order valence-electron chi connectivity index (χ2n) is 6.33. The maximum Gasteiger partial charge on any atom is 0.339 e. The lowest BCUT2D eigenvalue weighted by molar-refractivity contribution is 0.0693. The van der Waals surface area contributed by atoms with Gasteiger partial charge in [-0.2, -0.15) is 0 Å². The van der Waals surface area contributed by atoms with E-state index in [4.69, 9.17) is 21.4 Å². The number of amides is 1. The van der Waals surface area contributed by atoms with Crippen molar-refractivity contribution in [1.29, 1.82) is 0 Å². The van der Waals surface area contributed by atoms with Crippen LogP contribution in [0.3, 0.4) is 0 Å². The van der Waals surface area contributed by atoms with Gasteiger partial charge in [0.1, 0.15) is 17.1 Å². The third-order valence-corrected chi connectivity index (χ3v) is 4.61. The van der Waals surface area contributed by atoms with Crippen LogP contribution >= 0.6 is 11.6 Å². The summed E-state index contributed by atoms with van der Waals surface area (Å²) in [5.74, 6) is -0.973. The molecule has 2 aromatic carbocycles. The number of carbonyl (C=O) groups is 2. The predicted octanol–water partition coefficient (Wildman–Crippen LogP) is 4.09. The number of carboxylic acids is 1. The minimum absolute atomic E-state index is 0.239. The molecule has 3 N–H and O–H groups in total. The Kier molecular flexibility index (Phi) is 5.04. The van der Waals surface area contributed by atoms with Gasteiger partial charge in [-0.25, -0.2) is 4.79 Å². The second-order valence-corrected chi connectivity index (χ2v) is 6.73. The number of nitrogens with one attached hydrogen (secondary N) is 1. The van der Waals surface area contributed by atoms with Crippen LogP contribution in [0.25, 0.3) is 0 Å². The topological polar surface area (TPSA) is 95.9 Å². The summed E-state index contributed by atoms with van der Waals surface area (Å²) in [7, 11) is 0. The summed E-state index contributed by atoms with van der Waals surface area (Å²) in [5.41, 5.74) is 1.12. The van der Waals surface area contributed by atoms with Crippen LogP contribution in [0.5, 0.6) is 11.5 Å². The quantitative estimate of drug-likeness (QED) is 0.706. The van der Waals surface area contributed by atoms with Gasteiger partial charge in [0.15, 0.2) is 0 Å². The van der Waals surface area contributed by atoms with Gasteiger partial charge < -0.3 is 20.3 Å². The van der Waals surface area contributed by atoms with Crippen LogP contribution in [0, 0.1) is 12.8 Å². The number of aromatic hydroxyl groups is 1. The van der Waals surface area contributed by atoms with Gasteiger partial charge in [0.2, 0.25) is 0 Å². The van der Waals surface area contributed by atoms with Crippen molar-refractivity contribution in [2.45, 2.75) is 19.8 Å². The molecule has 1 aliphatic carbocycles. The van der Waals surface area contributed by atoms with E-state index in [0.717, 1.165) is 18.4 Å². The second kappa shape index (κ2) is 7.25. The normalized spacial score (nSPS) is 13.3. The molecular weight excluding hydrogens is 358 g/mol. The number of hydrogen-bond donors (Lipinski definition) is 3. The Bertz CT molecular complexity index is 876. The van der Waals surface area contributed by atoms with E-state index in [9.17, 15) is 14.7 Å². The Morgan fingerprint density at radius 2 is 2.00 bits per heavy atom. The molecular formula is C19H18ClNO5. The van der Waals surface area contributed by atoms with Crippen molar-refractivity contribution in [2.75, 3.05) is 11.9 Å². The smallest absolute Gasteiger partial charge is 0.339 e. The maximum atomic E-state index is 12.5. The monoisotopic (exact) mass is 375 g/mol. The lowest BCUT2D eigenvalue weighted by Gasteiger charge is -2.13. The molecule has 1 amide bonds. The molecule has 0 radical (unpaired) electrons. The predicted molar refractivity (Wildman–Crippen MR) is 97.4 cm³/mol. The number of anilines is 1. The first-order chi connectivity index (χ1) is 12.3. The Labute approximate surface area is 155 Å². The molecule has 7 heteroatoms. The van der Waals surface area contributed by atoms with Gasteiger partial charge in [-0.05, 0) is 49.9 Å². The molecule has 3 rings (SSSR count). The summed E-state index contributed by atoms with van der Waals surface area (Å²) in [6.45, 7) is 2.43. The molecule has 2 aromatic rings. The van der Waals surface area contributed by atoms with Gasteiger partial charge >= 0.3 is 5.97 Å². The summed E-state index contributed by atoms with van der Waals surface area (Å²) in [6.07, 6.45) is 2.31. The van der Waals surface area contributed by atoms with Crippen LogP contribution in [0.4, 0.5) is 5.69 Å². The van der Waals surface area contributed by atoms with Crippen molar-refractivity contribution in [2.24, 2.45) is 5.92 Å². The lowest BCUT2D eigenvalue weighted by Crippen LogP contribution is -2.13. The third-order valence-electron chi connectivity index (χ3n) is 4.22. The Balaban J connectivity index is 1.78. The number of halogens is 1. The molecule has 0 atom stereocenters. The van der Waals surface area contributed by atoms with Crippen LogP contribution in [0.15, 0.2) is 30.3 Å². The summed E-state index contributed by atoms with van der Waals surface area (Å²) >= 11 is 6.21. The summed E-state index contributed by atoms with van der Waals surface area (Å²) in [4.78, 5) is 23.4. The first-order valence-electron chi connectivity index (χ1n) is 8.15. The highest BCUT2D eigenvalue weighted by molar-refractivity contribution is 6.32. The van der Waals surface area contributed by atoms with Crippen molar-refractivity contribution in [3.63, 3.8) is 0 Å². The number of ether oxygens (including phenoxy) is 1. The maximum absolute atomic E-state index is 12.5. The van der Waals surface area contributed by atoms with Gasteiger partial charge in [0, 0.05) is 27.9 Å². The number of aromatic carboxylic acids is 1. The van der Waals surface area contributed by atoms with E-state index in [1.165, 1.54) is 18.2 Å². The fourth-order valence-electron chi connectivity index (χ4n) is 2.42. The number of carboxylic acid groups (broad SMARTS) is 1.